The Labute approximate surface area is 129 Å². The van der Waals surface area contributed by atoms with E-state index < -0.39 is 5.54 Å². The quantitative estimate of drug-likeness (QED) is 0.836. The molecular formula is C17H33N3O. The van der Waals surface area contributed by atoms with Crippen molar-refractivity contribution >= 4 is 5.91 Å². The molecule has 122 valence electrons. The Balaban J connectivity index is 2.05. The molecule has 1 amide bonds. The van der Waals surface area contributed by atoms with Crippen LogP contribution < -0.4 is 11.1 Å². The summed E-state index contributed by atoms with van der Waals surface area (Å²) in [6.07, 6.45) is 8.00. The molecule has 3 N–H and O–H groups in total. The number of hydrogen-bond acceptors (Lipinski definition) is 3. The van der Waals surface area contributed by atoms with Crippen LogP contribution in [0.25, 0.3) is 0 Å². The summed E-state index contributed by atoms with van der Waals surface area (Å²) in [6.45, 7) is 8.93. The molecule has 1 saturated carbocycles. The van der Waals surface area contributed by atoms with Crippen LogP contribution in [0.5, 0.6) is 0 Å². The number of amides is 1. The van der Waals surface area contributed by atoms with Gasteiger partial charge >= 0.3 is 0 Å². The molecule has 4 nitrogen and oxygen atoms in total. The lowest BCUT2D eigenvalue weighted by Gasteiger charge is -2.44. The molecule has 0 aromatic heterocycles. The summed E-state index contributed by atoms with van der Waals surface area (Å²) in [6, 6.07) is 0.809. The van der Waals surface area contributed by atoms with E-state index in [1.165, 1.54) is 38.8 Å². The van der Waals surface area contributed by atoms with Crippen molar-refractivity contribution in [3.8, 4) is 0 Å². The Morgan fingerprint density at radius 3 is 2.67 bits per heavy atom. The van der Waals surface area contributed by atoms with Crippen LogP contribution >= 0.6 is 0 Å². The first-order chi connectivity index (χ1) is 9.93. The van der Waals surface area contributed by atoms with Crippen molar-refractivity contribution in [1.82, 2.24) is 10.2 Å². The lowest BCUT2D eigenvalue weighted by Crippen LogP contribution is -2.62. The van der Waals surface area contributed by atoms with Crippen molar-refractivity contribution in [1.29, 1.82) is 0 Å². The largest absolute Gasteiger partial charge is 0.368 e. The van der Waals surface area contributed by atoms with Crippen LogP contribution in [0.15, 0.2) is 0 Å². The molecule has 3 atom stereocenters. The first-order valence-corrected chi connectivity index (χ1v) is 8.74. The normalized spacial score (nSPS) is 35.6. The maximum Gasteiger partial charge on any atom is 0.237 e. The molecule has 0 spiro atoms. The van der Waals surface area contributed by atoms with Crippen LogP contribution in [0, 0.1) is 5.92 Å². The second kappa shape index (κ2) is 7.10. The van der Waals surface area contributed by atoms with Crippen molar-refractivity contribution in [2.45, 2.75) is 83.3 Å². The Kier molecular flexibility index (Phi) is 5.67. The van der Waals surface area contributed by atoms with E-state index >= 15 is 0 Å². The maximum absolute atomic E-state index is 12.1. The SMILES string of the molecule is CC1CCCN(C2CCCC(NC(C)C)(C(N)=O)C2)CC1. The third kappa shape index (κ3) is 4.19. The van der Waals surface area contributed by atoms with Crippen LogP contribution in [0.4, 0.5) is 0 Å². The molecule has 0 aromatic rings. The van der Waals surface area contributed by atoms with Crippen molar-refractivity contribution in [3.63, 3.8) is 0 Å². The van der Waals surface area contributed by atoms with Gasteiger partial charge in [-0.1, -0.05) is 6.92 Å². The molecule has 1 heterocycles. The van der Waals surface area contributed by atoms with E-state index in [0.29, 0.717) is 12.1 Å². The Hall–Kier alpha value is -0.610. The fourth-order valence-electron chi connectivity index (χ4n) is 4.19. The van der Waals surface area contributed by atoms with E-state index in [1.807, 2.05) is 0 Å². The van der Waals surface area contributed by atoms with Gasteiger partial charge in [0.2, 0.25) is 5.91 Å². The van der Waals surface area contributed by atoms with E-state index in [0.717, 1.165) is 25.2 Å². The van der Waals surface area contributed by atoms with Gasteiger partial charge in [-0.2, -0.15) is 0 Å². The van der Waals surface area contributed by atoms with Crippen molar-refractivity contribution in [2.24, 2.45) is 11.7 Å². The molecule has 2 fully saturated rings. The molecular weight excluding hydrogens is 262 g/mol. The lowest BCUT2D eigenvalue weighted by atomic mass is 9.77. The standard InChI is InChI=1S/C17H33N3O/c1-13(2)19-17(16(18)21)9-4-7-15(12-17)20-10-5-6-14(3)8-11-20/h13-15,19H,4-12H2,1-3H3,(H2,18,21). The summed E-state index contributed by atoms with van der Waals surface area (Å²) in [7, 11) is 0. The van der Waals surface area contributed by atoms with Gasteiger partial charge in [-0.3, -0.25) is 4.79 Å². The zero-order chi connectivity index (χ0) is 15.5. The summed E-state index contributed by atoms with van der Waals surface area (Å²) >= 11 is 0. The van der Waals surface area contributed by atoms with Crippen LogP contribution in [0.2, 0.25) is 0 Å². The number of nitrogens with one attached hydrogen (secondary N) is 1. The summed E-state index contributed by atoms with van der Waals surface area (Å²) in [5.41, 5.74) is 5.28. The third-order valence-electron chi connectivity index (χ3n) is 5.33. The van der Waals surface area contributed by atoms with Gasteiger partial charge in [0.25, 0.3) is 0 Å². The number of hydrogen-bond donors (Lipinski definition) is 2. The lowest BCUT2D eigenvalue weighted by molar-refractivity contribution is -0.127. The van der Waals surface area contributed by atoms with Gasteiger partial charge in [0, 0.05) is 12.1 Å². The number of carbonyl (C=O) groups excluding carboxylic acids is 1. The molecule has 0 aromatic carbocycles. The van der Waals surface area contributed by atoms with Gasteiger partial charge in [0.1, 0.15) is 0 Å². The van der Waals surface area contributed by atoms with Crippen LogP contribution in [-0.2, 0) is 4.79 Å². The number of nitrogens with two attached hydrogens (primary N) is 1. The summed E-state index contributed by atoms with van der Waals surface area (Å²) in [5, 5.41) is 3.49. The molecule has 0 radical (unpaired) electrons. The zero-order valence-electron chi connectivity index (χ0n) is 14.0. The van der Waals surface area contributed by atoms with Gasteiger partial charge in [0.05, 0.1) is 5.54 Å². The summed E-state index contributed by atoms with van der Waals surface area (Å²) in [4.78, 5) is 14.7. The molecule has 0 bridgehead atoms. The van der Waals surface area contributed by atoms with Gasteiger partial charge < -0.3 is 16.0 Å². The van der Waals surface area contributed by atoms with Gasteiger partial charge in [0.15, 0.2) is 0 Å². The topological polar surface area (TPSA) is 58.4 Å². The van der Waals surface area contributed by atoms with E-state index in [-0.39, 0.29) is 5.91 Å². The second-order valence-electron chi connectivity index (χ2n) is 7.57. The number of primary amides is 1. The zero-order valence-corrected chi connectivity index (χ0v) is 14.0. The summed E-state index contributed by atoms with van der Waals surface area (Å²) < 4.78 is 0. The Morgan fingerprint density at radius 1 is 1.24 bits per heavy atom. The fourth-order valence-corrected chi connectivity index (χ4v) is 4.19. The molecule has 2 rings (SSSR count). The number of likely N-dealkylation sites (tertiary alicyclic amines) is 1. The first-order valence-electron chi connectivity index (χ1n) is 8.74. The molecule has 3 unspecified atom stereocenters. The smallest absolute Gasteiger partial charge is 0.237 e. The predicted octanol–water partition coefficient (Wildman–Crippen LogP) is 2.27. The van der Waals surface area contributed by atoms with Crippen LogP contribution in [0.1, 0.15) is 65.7 Å². The highest BCUT2D eigenvalue weighted by atomic mass is 16.1. The molecule has 1 aliphatic carbocycles. The fraction of sp³-hybridized carbons (Fsp3) is 0.941. The van der Waals surface area contributed by atoms with E-state index in [9.17, 15) is 4.79 Å². The number of carbonyl (C=O) groups is 1. The number of nitrogens with zero attached hydrogens (tertiary/aromatic N) is 1. The van der Waals surface area contributed by atoms with Crippen molar-refractivity contribution in [2.75, 3.05) is 13.1 Å². The predicted molar refractivity (Wildman–Crippen MR) is 87.0 cm³/mol. The summed E-state index contributed by atoms with van der Waals surface area (Å²) in [5.74, 6) is 0.678. The minimum atomic E-state index is -0.491. The Bertz CT molecular complexity index is 358. The average Bonchev–Trinajstić information content (AvgIpc) is 2.63. The third-order valence-corrected chi connectivity index (χ3v) is 5.33. The van der Waals surface area contributed by atoms with Gasteiger partial charge in [-0.05, 0) is 77.8 Å². The highest BCUT2D eigenvalue weighted by Gasteiger charge is 2.43. The van der Waals surface area contributed by atoms with Crippen LogP contribution in [-0.4, -0.2) is 41.5 Å². The first kappa shape index (κ1) is 16.8. The van der Waals surface area contributed by atoms with Crippen molar-refractivity contribution < 1.29 is 4.79 Å². The van der Waals surface area contributed by atoms with Crippen molar-refractivity contribution in [3.05, 3.63) is 0 Å². The molecule has 1 saturated heterocycles. The average molecular weight is 295 g/mol. The Morgan fingerprint density at radius 2 is 2.00 bits per heavy atom. The van der Waals surface area contributed by atoms with E-state index in [4.69, 9.17) is 5.73 Å². The minimum absolute atomic E-state index is 0.163. The van der Waals surface area contributed by atoms with E-state index in [1.54, 1.807) is 0 Å². The molecule has 4 heteroatoms. The van der Waals surface area contributed by atoms with Gasteiger partial charge in [-0.15, -0.1) is 0 Å². The minimum Gasteiger partial charge on any atom is -0.368 e. The maximum atomic E-state index is 12.1. The molecule has 2 aliphatic rings. The molecule has 21 heavy (non-hydrogen) atoms. The monoisotopic (exact) mass is 295 g/mol. The molecule has 1 aliphatic heterocycles. The van der Waals surface area contributed by atoms with E-state index in [2.05, 4.69) is 31.0 Å². The number of rotatable bonds is 4. The van der Waals surface area contributed by atoms with Gasteiger partial charge in [-0.25, -0.2) is 0 Å². The second-order valence-corrected chi connectivity index (χ2v) is 7.57. The highest BCUT2D eigenvalue weighted by Crippen LogP contribution is 2.33. The van der Waals surface area contributed by atoms with Crippen LogP contribution in [0.3, 0.4) is 0 Å². The highest BCUT2D eigenvalue weighted by molar-refractivity contribution is 5.85.